The van der Waals surface area contributed by atoms with E-state index in [-0.39, 0.29) is 18.0 Å². The molecule has 0 spiro atoms. The minimum Gasteiger partial charge on any atom is -0.463 e. The van der Waals surface area contributed by atoms with Crippen molar-refractivity contribution < 1.29 is 45.9 Å². The predicted molar refractivity (Wildman–Crippen MR) is 105 cm³/mol. The molecule has 2 rings (SSSR count). The van der Waals surface area contributed by atoms with Crippen molar-refractivity contribution in [3.05, 3.63) is 22.2 Å². The molecule has 0 aliphatic carbocycles. The van der Waals surface area contributed by atoms with Gasteiger partial charge >= 0.3 is 23.6 Å². The zero-order chi connectivity index (χ0) is 24.1. The van der Waals surface area contributed by atoms with Crippen LogP contribution < -0.4 is 11.0 Å². The van der Waals surface area contributed by atoms with Gasteiger partial charge in [0.1, 0.15) is 30.2 Å². The topological polar surface area (TPSA) is 189 Å². The molecule has 1 aliphatic rings. The molecule has 2 heterocycles. The molecule has 14 nitrogen and oxygen atoms in total. The molecule has 0 amide bonds. The van der Waals surface area contributed by atoms with Crippen LogP contribution in [0.5, 0.6) is 0 Å². The first-order valence-corrected chi connectivity index (χ1v) is 11.1. The maximum Gasteiger partial charge on any atom is 0.346 e. The van der Waals surface area contributed by atoms with Gasteiger partial charge in [0.05, 0.1) is 12.9 Å². The molecular formula is C17H23N3O11S. The lowest BCUT2D eigenvalue weighted by Gasteiger charge is -2.23. The molecule has 1 aliphatic heterocycles. The summed E-state index contributed by atoms with van der Waals surface area (Å²) in [4.78, 5) is 52.7. The first-order valence-electron chi connectivity index (χ1n) is 9.29. The van der Waals surface area contributed by atoms with Crippen molar-refractivity contribution in [3.8, 4) is 0 Å². The molecule has 4 atom stereocenters. The lowest BCUT2D eigenvalue weighted by molar-refractivity contribution is -0.151. The average Bonchev–Trinajstić information content (AvgIpc) is 2.94. The van der Waals surface area contributed by atoms with Crippen molar-refractivity contribution in [3.63, 3.8) is 0 Å². The van der Waals surface area contributed by atoms with Crippen molar-refractivity contribution in [2.24, 2.45) is 0 Å². The number of aromatic nitrogens is 2. The standard InChI is InChI=1S/C17H23N3O11S/c1-5-27-16(23)10-6-18-17(24)20-14(10)19-15-13(29-9(3)22)12(31-32(4,25)26)11(30-15)7-28-8(2)21/h6,11-13,15H,5,7H2,1-4H3,(H2,18,19,20,24)/t11-,12+,13-,15-/m1/s1. The molecule has 1 aromatic rings. The average molecular weight is 477 g/mol. The Labute approximate surface area is 182 Å². The number of carbonyl (C=O) groups is 3. The second-order valence-electron chi connectivity index (χ2n) is 6.57. The number of hydrogen-bond donors (Lipinski definition) is 2. The highest BCUT2D eigenvalue weighted by atomic mass is 32.2. The van der Waals surface area contributed by atoms with Gasteiger partial charge in [-0.1, -0.05) is 0 Å². The second-order valence-corrected chi connectivity index (χ2v) is 8.17. The number of nitrogens with one attached hydrogen (secondary N) is 2. The summed E-state index contributed by atoms with van der Waals surface area (Å²) in [5.41, 5.74) is -0.983. The quantitative estimate of drug-likeness (QED) is 0.248. The molecule has 1 saturated heterocycles. The molecular weight excluding hydrogens is 454 g/mol. The minimum absolute atomic E-state index is 0.0438. The van der Waals surface area contributed by atoms with Crippen LogP contribution in [0, 0.1) is 0 Å². The van der Waals surface area contributed by atoms with Gasteiger partial charge in [0.2, 0.25) is 0 Å². The lowest BCUT2D eigenvalue weighted by Crippen LogP contribution is -2.43. The number of hydrogen-bond acceptors (Lipinski definition) is 13. The lowest BCUT2D eigenvalue weighted by atomic mass is 10.1. The molecule has 2 N–H and O–H groups in total. The molecule has 32 heavy (non-hydrogen) atoms. The number of carbonyl (C=O) groups excluding carboxylic acids is 3. The summed E-state index contributed by atoms with van der Waals surface area (Å²) in [6, 6.07) is 0. The van der Waals surface area contributed by atoms with E-state index in [1.54, 1.807) is 6.92 Å². The summed E-state index contributed by atoms with van der Waals surface area (Å²) in [7, 11) is -4.06. The van der Waals surface area contributed by atoms with Gasteiger partial charge in [0, 0.05) is 20.0 Å². The van der Waals surface area contributed by atoms with E-state index in [0.29, 0.717) is 0 Å². The van der Waals surface area contributed by atoms with Gasteiger partial charge in [0.25, 0.3) is 10.1 Å². The molecule has 0 aromatic carbocycles. The second kappa shape index (κ2) is 10.5. The van der Waals surface area contributed by atoms with E-state index < -0.39 is 64.9 Å². The summed E-state index contributed by atoms with van der Waals surface area (Å²) in [5.74, 6) is -2.57. The number of nitrogens with zero attached hydrogens (tertiary/aromatic N) is 1. The first kappa shape index (κ1) is 25.2. The monoisotopic (exact) mass is 477 g/mol. The van der Waals surface area contributed by atoms with Crippen LogP contribution in [-0.4, -0.2) is 80.3 Å². The van der Waals surface area contributed by atoms with Crippen molar-refractivity contribution >= 4 is 33.8 Å². The number of anilines is 1. The maximum atomic E-state index is 12.2. The SMILES string of the molecule is CCOC(=O)c1c[nH]c(=O)nc1N[C@@H]1O[C@H](COC(C)=O)[C@H](OS(C)(=O)=O)[C@H]1OC(C)=O. The van der Waals surface area contributed by atoms with Crippen molar-refractivity contribution in [2.45, 2.75) is 45.3 Å². The molecule has 0 radical (unpaired) electrons. The Kier molecular flexibility index (Phi) is 8.29. The van der Waals surface area contributed by atoms with Crippen LogP contribution >= 0.6 is 0 Å². The van der Waals surface area contributed by atoms with Gasteiger partial charge < -0.3 is 29.2 Å². The van der Waals surface area contributed by atoms with Crippen molar-refractivity contribution in [2.75, 3.05) is 24.8 Å². The van der Waals surface area contributed by atoms with E-state index in [1.165, 1.54) is 0 Å². The van der Waals surface area contributed by atoms with E-state index in [4.69, 9.17) is 23.1 Å². The van der Waals surface area contributed by atoms with Gasteiger partial charge in [-0.05, 0) is 6.92 Å². The number of ether oxygens (including phenoxy) is 4. The Morgan fingerprint density at radius 3 is 2.44 bits per heavy atom. The largest absolute Gasteiger partial charge is 0.463 e. The Balaban J connectivity index is 2.43. The molecule has 178 valence electrons. The number of aromatic amines is 1. The molecule has 0 saturated carbocycles. The van der Waals surface area contributed by atoms with Crippen molar-refractivity contribution in [1.29, 1.82) is 0 Å². The Hall–Kier alpha value is -3.04. The van der Waals surface area contributed by atoms with Crippen LogP contribution in [0.2, 0.25) is 0 Å². The van der Waals surface area contributed by atoms with Gasteiger partial charge in [0.15, 0.2) is 12.3 Å². The number of esters is 3. The summed E-state index contributed by atoms with van der Waals surface area (Å²) in [5, 5.41) is 2.63. The molecule has 1 aromatic heterocycles. The highest BCUT2D eigenvalue weighted by Crippen LogP contribution is 2.29. The molecule has 1 fully saturated rings. The number of rotatable bonds is 9. The van der Waals surface area contributed by atoms with Crippen LogP contribution in [-0.2, 0) is 42.8 Å². The van der Waals surface area contributed by atoms with Crippen molar-refractivity contribution in [1.82, 2.24) is 9.97 Å². The van der Waals surface area contributed by atoms with E-state index >= 15 is 0 Å². The van der Waals surface area contributed by atoms with E-state index in [0.717, 1.165) is 26.3 Å². The smallest absolute Gasteiger partial charge is 0.346 e. The maximum absolute atomic E-state index is 12.2. The fraction of sp³-hybridized carbons (Fsp3) is 0.588. The van der Waals surface area contributed by atoms with Crippen LogP contribution in [0.25, 0.3) is 0 Å². The molecule has 0 unspecified atom stereocenters. The third kappa shape index (κ3) is 7.00. The molecule has 0 bridgehead atoms. The highest BCUT2D eigenvalue weighted by Gasteiger charge is 2.50. The van der Waals surface area contributed by atoms with E-state index in [2.05, 4.69) is 15.3 Å². The fourth-order valence-corrected chi connectivity index (χ4v) is 3.46. The van der Waals surface area contributed by atoms with Crippen LogP contribution in [0.4, 0.5) is 5.82 Å². The van der Waals surface area contributed by atoms with Crippen LogP contribution in [0.3, 0.4) is 0 Å². The Morgan fingerprint density at radius 2 is 1.88 bits per heavy atom. The van der Waals surface area contributed by atoms with E-state index in [9.17, 15) is 27.6 Å². The highest BCUT2D eigenvalue weighted by molar-refractivity contribution is 7.86. The predicted octanol–water partition coefficient (Wildman–Crippen LogP) is -1.08. The van der Waals surface area contributed by atoms with Gasteiger partial charge in [-0.15, -0.1) is 0 Å². The zero-order valence-electron chi connectivity index (χ0n) is 17.6. The van der Waals surface area contributed by atoms with Crippen LogP contribution in [0.1, 0.15) is 31.1 Å². The van der Waals surface area contributed by atoms with E-state index in [1.807, 2.05) is 0 Å². The van der Waals surface area contributed by atoms with Gasteiger partial charge in [-0.3, -0.25) is 13.8 Å². The third-order valence-electron chi connectivity index (χ3n) is 3.93. The fourth-order valence-electron chi connectivity index (χ4n) is 2.82. The summed E-state index contributed by atoms with van der Waals surface area (Å²) < 4.78 is 49.2. The van der Waals surface area contributed by atoms with Gasteiger partial charge in [-0.25, -0.2) is 9.59 Å². The third-order valence-corrected chi connectivity index (χ3v) is 4.50. The summed E-state index contributed by atoms with van der Waals surface area (Å²) >= 11 is 0. The summed E-state index contributed by atoms with van der Waals surface area (Å²) in [6.45, 7) is 3.39. The minimum atomic E-state index is -4.06. The summed E-state index contributed by atoms with van der Waals surface area (Å²) in [6.07, 6.45) is -3.50. The Bertz CT molecular complexity index is 1020. The number of H-pyrrole nitrogens is 1. The molecule has 15 heteroatoms. The first-order chi connectivity index (χ1) is 14.9. The van der Waals surface area contributed by atoms with Gasteiger partial charge in [-0.2, -0.15) is 13.4 Å². The normalized spacial score (nSPS) is 22.8. The van der Waals surface area contributed by atoms with Crippen LogP contribution in [0.15, 0.2) is 11.0 Å². The Morgan fingerprint density at radius 1 is 1.19 bits per heavy atom. The zero-order valence-corrected chi connectivity index (χ0v) is 18.5.